The second-order valence-electron chi connectivity index (χ2n) is 6.07. The van der Waals surface area contributed by atoms with E-state index in [1.807, 2.05) is 31.2 Å². The Morgan fingerprint density at radius 1 is 1.50 bits per heavy atom. The average Bonchev–Trinajstić information content (AvgIpc) is 2.38. The molecule has 1 aromatic carbocycles. The number of halogens is 1. The molecule has 1 aromatic rings. The van der Waals surface area contributed by atoms with Crippen LogP contribution in [-0.4, -0.2) is 11.4 Å². The van der Waals surface area contributed by atoms with E-state index in [-0.39, 0.29) is 11.9 Å². The zero-order valence-corrected chi connectivity index (χ0v) is 12.9. The molecule has 0 aromatic heterocycles. The molecule has 0 aliphatic heterocycles. The summed E-state index contributed by atoms with van der Waals surface area (Å²) in [5.41, 5.74) is 6.51. The molecule has 1 fully saturated rings. The first-order chi connectivity index (χ1) is 9.42. The standard InChI is InChI=1S/C16H23ClN2O/c1-11-6-5-9-16(18,10-11)15(20)19-12(2)13-7-3-4-8-14(13)17/h3-4,7-8,11-12H,5-6,9-10,18H2,1-2H3,(H,19,20)/t11?,12-,16?/m0/s1. The zero-order chi connectivity index (χ0) is 14.8. The van der Waals surface area contributed by atoms with E-state index < -0.39 is 5.54 Å². The maximum absolute atomic E-state index is 12.5. The first-order valence-corrected chi connectivity index (χ1v) is 7.64. The van der Waals surface area contributed by atoms with Gasteiger partial charge >= 0.3 is 0 Å². The fraction of sp³-hybridized carbons (Fsp3) is 0.562. The van der Waals surface area contributed by atoms with Crippen LogP contribution < -0.4 is 11.1 Å². The number of carbonyl (C=O) groups excluding carboxylic acids is 1. The molecular weight excluding hydrogens is 272 g/mol. The Balaban J connectivity index is 2.06. The average molecular weight is 295 g/mol. The number of nitrogens with one attached hydrogen (secondary N) is 1. The zero-order valence-electron chi connectivity index (χ0n) is 12.2. The first-order valence-electron chi connectivity index (χ1n) is 7.26. The Morgan fingerprint density at radius 2 is 2.20 bits per heavy atom. The van der Waals surface area contributed by atoms with Crippen LogP contribution in [0.15, 0.2) is 24.3 Å². The molecule has 1 amide bonds. The molecule has 1 aliphatic rings. The van der Waals surface area contributed by atoms with Crippen molar-refractivity contribution in [3.8, 4) is 0 Å². The predicted octanol–water partition coefficient (Wildman–Crippen LogP) is 3.42. The highest BCUT2D eigenvalue weighted by Crippen LogP contribution is 2.31. The summed E-state index contributed by atoms with van der Waals surface area (Å²) in [6.07, 6.45) is 3.70. The topological polar surface area (TPSA) is 55.1 Å². The summed E-state index contributed by atoms with van der Waals surface area (Å²) in [4.78, 5) is 12.5. The summed E-state index contributed by atoms with van der Waals surface area (Å²) in [6, 6.07) is 7.44. The summed E-state index contributed by atoms with van der Waals surface area (Å²) in [5, 5.41) is 3.69. The van der Waals surface area contributed by atoms with Crippen LogP contribution in [0.1, 0.15) is 51.1 Å². The predicted molar refractivity (Wildman–Crippen MR) is 82.6 cm³/mol. The van der Waals surface area contributed by atoms with Crippen molar-refractivity contribution in [1.29, 1.82) is 0 Å². The second kappa shape index (κ2) is 6.15. The molecule has 110 valence electrons. The van der Waals surface area contributed by atoms with Crippen LogP contribution in [0.25, 0.3) is 0 Å². The van der Waals surface area contributed by atoms with E-state index in [9.17, 15) is 4.79 Å². The highest BCUT2D eigenvalue weighted by Gasteiger charge is 2.38. The van der Waals surface area contributed by atoms with E-state index in [0.717, 1.165) is 31.2 Å². The molecule has 20 heavy (non-hydrogen) atoms. The van der Waals surface area contributed by atoms with Gasteiger partial charge in [-0.15, -0.1) is 0 Å². The molecule has 3 atom stereocenters. The van der Waals surface area contributed by atoms with Crippen LogP contribution in [0.4, 0.5) is 0 Å². The summed E-state index contributed by atoms with van der Waals surface area (Å²) in [7, 11) is 0. The largest absolute Gasteiger partial charge is 0.348 e. The highest BCUT2D eigenvalue weighted by molar-refractivity contribution is 6.31. The fourth-order valence-corrected chi connectivity index (χ4v) is 3.34. The van der Waals surface area contributed by atoms with Gasteiger partial charge in [0.25, 0.3) is 0 Å². The molecule has 0 bridgehead atoms. The molecule has 1 aliphatic carbocycles. The minimum Gasteiger partial charge on any atom is -0.348 e. The normalized spacial score (nSPS) is 27.9. The number of rotatable bonds is 3. The number of hydrogen-bond donors (Lipinski definition) is 2. The molecule has 2 rings (SSSR count). The van der Waals surface area contributed by atoms with Gasteiger partial charge in [-0.1, -0.05) is 49.6 Å². The van der Waals surface area contributed by atoms with Crippen molar-refractivity contribution in [2.75, 3.05) is 0 Å². The molecule has 0 radical (unpaired) electrons. The molecule has 3 N–H and O–H groups in total. The summed E-state index contributed by atoms with van der Waals surface area (Å²) >= 11 is 6.16. The van der Waals surface area contributed by atoms with E-state index in [0.29, 0.717) is 10.9 Å². The van der Waals surface area contributed by atoms with Gasteiger partial charge in [0.2, 0.25) is 5.91 Å². The number of carbonyl (C=O) groups is 1. The lowest BCUT2D eigenvalue weighted by atomic mass is 9.76. The number of nitrogens with two attached hydrogens (primary N) is 1. The molecular formula is C16H23ClN2O. The van der Waals surface area contributed by atoms with Crippen LogP contribution in [0.5, 0.6) is 0 Å². The SMILES string of the molecule is CC1CCCC(N)(C(=O)N[C@@H](C)c2ccccc2Cl)C1. The molecule has 3 nitrogen and oxygen atoms in total. The van der Waals surface area contributed by atoms with E-state index in [1.54, 1.807) is 0 Å². The monoisotopic (exact) mass is 294 g/mol. The third kappa shape index (κ3) is 3.33. The minimum absolute atomic E-state index is 0.0588. The van der Waals surface area contributed by atoms with Gasteiger partial charge in [-0.25, -0.2) is 0 Å². The van der Waals surface area contributed by atoms with Gasteiger partial charge in [0.05, 0.1) is 11.6 Å². The van der Waals surface area contributed by atoms with Crippen LogP contribution in [0.3, 0.4) is 0 Å². The quantitative estimate of drug-likeness (QED) is 0.897. The van der Waals surface area contributed by atoms with Gasteiger partial charge < -0.3 is 11.1 Å². The number of hydrogen-bond acceptors (Lipinski definition) is 2. The Bertz CT molecular complexity index is 491. The van der Waals surface area contributed by atoms with Gasteiger partial charge in [-0.05, 0) is 37.3 Å². The molecule has 1 saturated carbocycles. The minimum atomic E-state index is -0.729. The molecule has 0 spiro atoms. The van der Waals surface area contributed by atoms with Crippen LogP contribution in [0.2, 0.25) is 5.02 Å². The van der Waals surface area contributed by atoms with Gasteiger partial charge in [-0.3, -0.25) is 4.79 Å². The maximum atomic E-state index is 12.5. The van der Waals surface area contributed by atoms with Crippen molar-refractivity contribution in [3.05, 3.63) is 34.9 Å². The number of amides is 1. The van der Waals surface area contributed by atoms with Crippen molar-refractivity contribution in [3.63, 3.8) is 0 Å². The Labute approximate surface area is 125 Å². The number of benzene rings is 1. The third-order valence-electron chi connectivity index (χ3n) is 4.20. The van der Waals surface area contributed by atoms with Crippen LogP contribution in [-0.2, 0) is 4.79 Å². The summed E-state index contributed by atoms with van der Waals surface area (Å²) < 4.78 is 0. The van der Waals surface area contributed by atoms with E-state index in [2.05, 4.69) is 12.2 Å². The Morgan fingerprint density at radius 3 is 2.85 bits per heavy atom. The van der Waals surface area contributed by atoms with Crippen molar-refractivity contribution < 1.29 is 4.79 Å². The molecule has 2 unspecified atom stereocenters. The molecule has 0 heterocycles. The van der Waals surface area contributed by atoms with Crippen molar-refractivity contribution in [2.45, 2.75) is 51.1 Å². The van der Waals surface area contributed by atoms with E-state index >= 15 is 0 Å². The Kier molecular flexibility index (Phi) is 4.71. The lowest BCUT2D eigenvalue weighted by Gasteiger charge is -2.36. The lowest BCUT2D eigenvalue weighted by Crippen LogP contribution is -2.56. The lowest BCUT2D eigenvalue weighted by molar-refractivity contribution is -0.128. The van der Waals surface area contributed by atoms with Crippen LogP contribution >= 0.6 is 11.6 Å². The Hall–Kier alpha value is -1.06. The van der Waals surface area contributed by atoms with Crippen molar-refractivity contribution in [2.24, 2.45) is 11.7 Å². The summed E-state index contributed by atoms with van der Waals surface area (Å²) in [6.45, 7) is 4.10. The van der Waals surface area contributed by atoms with Gasteiger partial charge in [0.1, 0.15) is 0 Å². The summed E-state index contributed by atoms with van der Waals surface area (Å²) in [5.74, 6) is 0.451. The van der Waals surface area contributed by atoms with Crippen molar-refractivity contribution >= 4 is 17.5 Å². The van der Waals surface area contributed by atoms with E-state index in [1.165, 1.54) is 0 Å². The van der Waals surface area contributed by atoms with Crippen molar-refractivity contribution in [1.82, 2.24) is 5.32 Å². The maximum Gasteiger partial charge on any atom is 0.240 e. The highest BCUT2D eigenvalue weighted by atomic mass is 35.5. The second-order valence-corrected chi connectivity index (χ2v) is 6.48. The first kappa shape index (κ1) is 15.3. The third-order valence-corrected chi connectivity index (χ3v) is 4.55. The van der Waals surface area contributed by atoms with Gasteiger partial charge in [0.15, 0.2) is 0 Å². The van der Waals surface area contributed by atoms with E-state index in [4.69, 9.17) is 17.3 Å². The van der Waals surface area contributed by atoms with Gasteiger partial charge in [0, 0.05) is 5.02 Å². The van der Waals surface area contributed by atoms with Crippen LogP contribution in [0, 0.1) is 5.92 Å². The van der Waals surface area contributed by atoms with Gasteiger partial charge in [-0.2, -0.15) is 0 Å². The molecule has 0 saturated heterocycles. The fourth-order valence-electron chi connectivity index (χ4n) is 3.04. The molecule has 4 heteroatoms. The smallest absolute Gasteiger partial charge is 0.240 e.